The second kappa shape index (κ2) is 15.2. The van der Waals surface area contributed by atoms with Crippen molar-refractivity contribution in [2.75, 3.05) is 32.8 Å². The monoisotopic (exact) mass is 710 g/mol. The molecule has 2 saturated heterocycles. The summed E-state index contributed by atoms with van der Waals surface area (Å²) < 4.78 is 28.7. The summed E-state index contributed by atoms with van der Waals surface area (Å²) in [6.45, 7) is 9.09. The number of aliphatic hydroxyl groups excluding tert-OH is 1. The van der Waals surface area contributed by atoms with Crippen molar-refractivity contribution in [3.05, 3.63) is 54.0 Å². The fourth-order valence-corrected chi connectivity index (χ4v) is 8.81. The minimum absolute atomic E-state index is 0.0346. The van der Waals surface area contributed by atoms with Crippen LogP contribution < -0.4 is 16.9 Å². The Bertz CT molecular complexity index is 1550. The summed E-state index contributed by atoms with van der Waals surface area (Å²) >= 11 is 0. The highest BCUT2D eigenvalue weighted by molar-refractivity contribution is 5.90. The largest absolute Gasteiger partial charge is 0.401 e. The van der Waals surface area contributed by atoms with Gasteiger partial charge in [-0.3, -0.25) is 14.3 Å². The molecule has 1 aromatic heterocycles. The van der Waals surface area contributed by atoms with Crippen LogP contribution >= 0.6 is 0 Å². The quantitative estimate of drug-likeness (QED) is 0.168. The van der Waals surface area contributed by atoms with Gasteiger partial charge >= 0.3 is 0 Å². The van der Waals surface area contributed by atoms with Gasteiger partial charge in [0.05, 0.1) is 18.3 Å². The van der Waals surface area contributed by atoms with Crippen molar-refractivity contribution in [2.45, 2.75) is 103 Å². The normalized spacial score (nSPS) is 24.4. The summed E-state index contributed by atoms with van der Waals surface area (Å²) in [5.41, 5.74) is 10.2. The number of hydrogen-bond acceptors (Lipinski definition) is 8. The van der Waals surface area contributed by atoms with Gasteiger partial charge in [-0.05, 0) is 99.4 Å². The number of aromatic nitrogens is 2. The van der Waals surface area contributed by atoms with Crippen LogP contribution in [0.2, 0.25) is 0 Å². The van der Waals surface area contributed by atoms with Gasteiger partial charge in [0.25, 0.3) is 5.92 Å². The maximum absolute atomic E-state index is 14.0. The minimum atomic E-state index is -2.46. The van der Waals surface area contributed by atoms with E-state index in [9.17, 15) is 23.5 Å². The van der Waals surface area contributed by atoms with E-state index >= 15 is 0 Å². The second-order valence-electron chi connectivity index (χ2n) is 15.9. The van der Waals surface area contributed by atoms with Crippen LogP contribution in [0.25, 0.3) is 11.3 Å². The average molecular weight is 711 g/mol. The number of rotatable bonds is 14. The van der Waals surface area contributed by atoms with Crippen LogP contribution in [0.3, 0.4) is 0 Å². The first-order valence-electron chi connectivity index (χ1n) is 18.8. The molecule has 1 spiro atoms. The number of hydrogen-bond donors (Lipinski definition) is 4. The van der Waals surface area contributed by atoms with Crippen molar-refractivity contribution in [3.8, 4) is 11.3 Å². The number of aliphatic hydroxyl groups is 1. The molecule has 2 aromatic rings. The maximum atomic E-state index is 14.0. The average Bonchev–Trinajstić information content (AvgIpc) is 3.47. The van der Waals surface area contributed by atoms with Gasteiger partial charge in [-0.1, -0.05) is 38.1 Å². The molecule has 4 fully saturated rings. The van der Waals surface area contributed by atoms with Gasteiger partial charge < -0.3 is 31.0 Å². The number of piperidine rings is 1. The van der Waals surface area contributed by atoms with Crippen LogP contribution in [0, 0.1) is 23.2 Å². The molecule has 4 unspecified atom stereocenters. The lowest BCUT2D eigenvalue weighted by Gasteiger charge is -2.52. The number of benzene rings is 1. The number of hydrazine groups is 1. The van der Waals surface area contributed by atoms with E-state index in [2.05, 4.69) is 15.3 Å². The Hall–Kier alpha value is -3.55. The molecule has 4 atom stereocenters. The molecule has 13 heteroatoms. The van der Waals surface area contributed by atoms with Crippen molar-refractivity contribution in [3.63, 3.8) is 0 Å². The number of allylic oxidation sites excluding steroid dienone is 1. The molecule has 2 amide bonds. The summed E-state index contributed by atoms with van der Waals surface area (Å²) in [4.78, 5) is 31.5. The summed E-state index contributed by atoms with van der Waals surface area (Å²) in [6, 6.07) is 7.66. The number of carbonyl (C=O) groups is 2. The highest BCUT2D eigenvalue weighted by Gasteiger charge is 2.57. The number of aryl methyl sites for hydroxylation is 1. The molecule has 11 nitrogen and oxygen atoms in total. The van der Waals surface area contributed by atoms with Gasteiger partial charge in [-0.25, -0.2) is 14.6 Å². The van der Waals surface area contributed by atoms with Crippen molar-refractivity contribution >= 4 is 11.8 Å². The molecule has 6 N–H and O–H groups in total. The first-order chi connectivity index (χ1) is 24.3. The number of carbonyl (C=O) groups excluding carboxylic acids is 2. The molecule has 1 aromatic carbocycles. The second-order valence-corrected chi connectivity index (χ2v) is 15.9. The van der Waals surface area contributed by atoms with E-state index in [1.807, 2.05) is 55.8 Å². The van der Waals surface area contributed by atoms with E-state index in [1.54, 1.807) is 17.3 Å². The van der Waals surface area contributed by atoms with Crippen LogP contribution in [0.1, 0.15) is 83.7 Å². The number of amides is 2. The third-order valence-corrected chi connectivity index (χ3v) is 11.8. The Balaban J connectivity index is 1.01. The summed E-state index contributed by atoms with van der Waals surface area (Å²) in [5.74, 6) is 3.39. The Kier molecular flexibility index (Phi) is 11.1. The van der Waals surface area contributed by atoms with E-state index < -0.39 is 30.0 Å². The highest BCUT2D eigenvalue weighted by Crippen LogP contribution is 2.55. The van der Waals surface area contributed by atoms with Crippen molar-refractivity contribution in [1.82, 2.24) is 29.9 Å². The van der Waals surface area contributed by atoms with Crippen LogP contribution in [-0.2, 0) is 16.1 Å². The maximum Gasteiger partial charge on any atom is 0.252 e. The van der Waals surface area contributed by atoms with Crippen LogP contribution in [-0.4, -0.2) is 92.3 Å². The number of nitrogens with one attached hydrogen (secondary N) is 1. The van der Waals surface area contributed by atoms with Gasteiger partial charge in [0.2, 0.25) is 11.8 Å². The van der Waals surface area contributed by atoms with E-state index in [4.69, 9.17) is 11.6 Å². The number of nitrogens with zero attached hydrogens (tertiary/aromatic N) is 5. The van der Waals surface area contributed by atoms with Gasteiger partial charge in [0.1, 0.15) is 12.1 Å². The molecule has 2 saturated carbocycles. The summed E-state index contributed by atoms with van der Waals surface area (Å²) in [5, 5.41) is 19.0. The first-order valence-corrected chi connectivity index (χ1v) is 18.8. The van der Waals surface area contributed by atoms with Gasteiger partial charge in [0.15, 0.2) is 0 Å². The Morgan fingerprint density at radius 3 is 2.41 bits per heavy atom. The summed E-state index contributed by atoms with van der Waals surface area (Å²) in [7, 11) is 0. The third-order valence-electron chi connectivity index (χ3n) is 11.8. The number of halogens is 2. The number of likely N-dealkylation sites (tertiary alicyclic amines) is 2. The molecule has 0 radical (unpaired) electrons. The molecule has 51 heavy (non-hydrogen) atoms. The van der Waals surface area contributed by atoms with Crippen molar-refractivity contribution < 1.29 is 23.5 Å². The molecule has 0 bridgehead atoms. The molecular formula is C38H56F2N8O3. The lowest BCUT2D eigenvalue weighted by atomic mass is 9.56. The van der Waals surface area contributed by atoms with Crippen LogP contribution in [0.4, 0.5) is 8.78 Å². The Morgan fingerprint density at radius 1 is 1.12 bits per heavy atom. The highest BCUT2D eigenvalue weighted by atomic mass is 19.3. The van der Waals surface area contributed by atoms with Gasteiger partial charge in [0, 0.05) is 50.1 Å². The molecule has 280 valence electrons. The molecule has 4 aliphatic rings. The predicted molar refractivity (Wildman–Crippen MR) is 191 cm³/mol. The predicted octanol–water partition coefficient (Wildman–Crippen LogP) is 4.25. The smallest absolute Gasteiger partial charge is 0.252 e. The first kappa shape index (κ1) is 37.2. The van der Waals surface area contributed by atoms with Crippen molar-refractivity contribution in [2.24, 2.45) is 34.7 Å². The van der Waals surface area contributed by atoms with E-state index in [0.717, 1.165) is 62.1 Å². The Labute approximate surface area is 300 Å². The van der Waals surface area contributed by atoms with Crippen LogP contribution in [0.15, 0.2) is 48.4 Å². The topological polar surface area (TPSA) is 146 Å². The van der Waals surface area contributed by atoms with Crippen LogP contribution in [0.5, 0.6) is 0 Å². The van der Waals surface area contributed by atoms with E-state index in [0.29, 0.717) is 44.0 Å². The molecule has 3 heterocycles. The minimum Gasteiger partial charge on any atom is -0.401 e. The fourth-order valence-electron chi connectivity index (χ4n) is 8.81. The van der Waals surface area contributed by atoms with E-state index in [-0.39, 0.29) is 36.2 Å². The van der Waals surface area contributed by atoms with Gasteiger partial charge in [-0.15, -0.1) is 0 Å². The zero-order valence-electron chi connectivity index (χ0n) is 30.3. The zero-order valence-corrected chi connectivity index (χ0v) is 30.3. The zero-order chi connectivity index (χ0) is 36.5. The molecular weight excluding hydrogens is 654 g/mol. The number of alkyl halides is 2. The third kappa shape index (κ3) is 8.25. The van der Waals surface area contributed by atoms with Crippen molar-refractivity contribution in [1.29, 1.82) is 0 Å². The molecule has 2 aliphatic heterocycles. The van der Waals surface area contributed by atoms with E-state index in [1.165, 1.54) is 5.01 Å². The standard InChI is InChI=1S/C38H56F2N8O3/c1-4-48-32(11-14-43-48)28-9-7-27(8-10-28)31(24-49)44-35(50)33-6-5-15-46(33)36(51)34(25(2)3)47(42)23-30(41)18-26-19-37(20-26)12-16-45(17-13-37)22-29-21-38(29,39)40/h7-11,14,23,25-26,29,31,33-34,49H,4-6,12-13,15-22,24,41-42H2,1-3H3,(H,44,50)/b30-23-. The number of nitrogens with two attached hydrogens (primary N) is 2. The lowest BCUT2D eigenvalue weighted by Crippen LogP contribution is -2.56. The fraction of sp³-hybridized carbons (Fsp3) is 0.658. The summed E-state index contributed by atoms with van der Waals surface area (Å²) in [6.07, 6.45) is 9.60. The SMILES string of the molecule is CCn1nccc1-c1ccc(C(CO)NC(=O)C2CCCN2C(=O)C(C(C)C)N(N)/C=C(\N)CC2CC3(CCN(CC4CC4(F)F)CC3)C2)cc1. The molecule has 2 aliphatic carbocycles. The van der Waals surface area contributed by atoms with Gasteiger partial charge in [-0.2, -0.15) is 5.10 Å². The molecule has 6 rings (SSSR count). The lowest BCUT2D eigenvalue weighted by molar-refractivity contribution is -0.143. The Morgan fingerprint density at radius 2 is 1.80 bits per heavy atom.